The average Bonchev–Trinajstić information content (AvgIpc) is 2.24. The summed E-state index contributed by atoms with van der Waals surface area (Å²) in [6.07, 6.45) is 1.77. The van der Waals surface area contributed by atoms with Crippen LogP contribution in [0.3, 0.4) is 0 Å². The van der Waals surface area contributed by atoms with Gasteiger partial charge in [-0.25, -0.2) is 0 Å². The highest BCUT2D eigenvalue weighted by molar-refractivity contribution is 9.10. The summed E-state index contributed by atoms with van der Waals surface area (Å²) >= 11 is 3.52. The van der Waals surface area contributed by atoms with Gasteiger partial charge < -0.3 is 10.1 Å². The van der Waals surface area contributed by atoms with Crippen LogP contribution in [0.2, 0.25) is 0 Å². The van der Waals surface area contributed by atoms with E-state index in [1.165, 1.54) is 5.56 Å². The van der Waals surface area contributed by atoms with Crippen LogP contribution >= 0.6 is 15.9 Å². The van der Waals surface area contributed by atoms with Crippen LogP contribution in [0.1, 0.15) is 25.0 Å². The van der Waals surface area contributed by atoms with Gasteiger partial charge in [-0.2, -0.15) is 0 Å². The lowest BCUT2D eigenvalue weighted by atomic mass is 10.1. The second kappa shape index (κ2) is 6.82. The molecule has 0 saturated heterocycles. The molecular formula is C14H20BrNO. The van der Waals surface area contributed by atoms with Gasteiger partial charge in [0.15, 0.2) is 0 Å². The van der Waals surface area contributed by atoms with E-state index in [1.807, 2.05) is 0 Å². The van der Waals surface area contributed by atoms with E-state index in [2.05, 4.69) is 60.7 Å². The molecule has 0 atom stereocenters. The van der Waals surface area contributed by atoms with E-state index in [0.717, 1.165) is 22.3 Å². The van der Waals surface area contributed by atoms with Crippen LogP contribution in [0.15, 0.2) is 29.3 Å². The Hall–Kier alpha value is -0.800. The van der Waals surface area contributed by atoms with Gasteiger partial charge >= 0.3 is 0 Å². The molecule has 0 heterocycles. The van der Waals surface area contributed by atoms with Crippen LogP contribution in [-0.2, 0) is 6.54 Å². The summed E-state index contributed by atoms with van der Waals surface area (Å²) in [6.45, 7) is 11.4. The quantitative estimate of drug-likeness (QED) is 0.806. The zero-order valence-corrected chi connectivity index (χ0v) is 12.3. The zero-order chi connectivity index (χ0) is 12.8. The van der Waals surface area contributed by atoms with Gasteiger partial charge in [-0.3, -0.25) is 0 Å². The Balaban J connectivity index is 2.93. The van der Waals surface area contributed by atoms with Crippen molar-refractivity contribution < 1.29 is 4.74 Å². The van der Waals surface area contributed by atoms with E-state index in [0.29, 0.717) is 12.6 Å². The first-order valence-electron chi connectivity index (χ1n) is 5.80. The predicted molar refractivity (Wildman–Crippen MR) is 76.5 cm³/mol. The van der Waals surface area contributed by atoms with E-state index in [-0.39, 0.29) is 0 Å². The number of ether oxygens (including phenoxy) is 1. The molecule has 0 aromatic heterocycles. The van der Waals surface area contributed by atoms with Crippen molar-refractivity contribution in [3.05, 3.63) is 40.4 Å². The smallest absolute Gasteiger partial charge is 0.127 e. The highest BCUT2D eigenvalue weighted by atomic mass is 79.9. The molecule has 2 nitrogen and oxygen atoms in total. The Bertz CT molecular complexity index is 388. The summed E-state index contributed by atoms with van der Waals surface area (Å²) < 4.78 is 6.81. The lowest BCUT2D eigenvalue weighted by Crippen LogP contribution is -2.22. The summed E-state index contributed by atoms with van der Waals surface area (Å²) in [5.41, 5.74) is 2.31. The molecule has 3 heteroatoms. The summed E-state index contributed by atoms with van der Waals surface area (Å²) in [4.78, 5) is 0. The van der Waals surface area contributed by atoms with Gasteiger partial charge in [0.25, 0.3) is 0 Å². The van der Waals surface area contributed by atoms with Crippen molar-refractivity contribution in [3.63, 3.8) is 0 Å². The molecule has 1 aromatic carbocycles. The van der Waals surface area contributed by atoms with Crippen molar-refractivity contribution in [3.8, 4) is 5.75 Å². The van der Waals surface area contributed by atoms with E-state index in [4.69, 9.17) is 4.74 Å². The van der Waals surface area contributed by atoms with Crippen molar-refractivity contribution >= 4 is 15.9 Å². The summed E-state index contributed by atoms with van der Waals surface area (Å²) in [6, 6.07) is 4.62. The van der Waals surface area contributed by atoms with Crippen LogP contribution in [0.4, 0.5) is 0 Å². The minimum absolute atomic E-state index is 0.460. The summed E-state index contributed by atoms with van der Waals surface area (Å²) in [7, 11) is 0. The number of aryl methyl sites for hydroxylation is 1. The molecule has 0 bridgehead atoms. The van der Waals surface area contributed by atoms with E-state index < -0.39 is 0 Å². The molecule has 0 aliphatic carbocycles. The molecule has 0 unspecified atom stereocenters. The fraction of sp³-hybridized carbons (Fsp3) is 0.429. The average molecular weight is 298 g/mol. The number of benzene rings is 1. The van der Waals surface area contributed by atoms with Crippen LogP contribution in [0.25, 0.3) is 0 Å². The van der Waals surface area contributed by atoms with E-state index >= 15 is 0 Å². The Morgan fingerprint density at radius 2 is 2.18 bits per heavy atom. The topological polar surface area (TPSA) is 21.3 Å². The largest absolute Gasteiger partial charge is 0.489 e. The Morgan fingerprint density at radius 1 is 1.47 bits per heavy atom. The summed E-state index contributed by atoms with van der Waals surface area (Å²) in [5, 5.41) is 3.41. The first kappa shape index (κ1) is 14.3. The molecular weight excluding hydrogens is 278 g/mol. The molecule has 0 radical (unpaired) electrons. The lowest BCUT2D eigenvalue weighted by molar-refractivity contribution is 0.354. The van der Waals surface area contributed by atoms with Crippen LogP contribution in [0.5, 0.6) is 5.75 Å². The van der Waals surface area contributed by atoms with Crippen LogP contribution in [-0.4, -0.2) is 12.6 Å². The molecule has 0 aliphatic heterocycles. The maximum absolute atomic E-state index is 5.73. The van der Waals surface area contributed by atoms with Crippen molar-refractivity contribution in [2.24, 2.45) is 0 Å². The lowest BCUT2D eigenvalue weighted by Gasteiger charge is -2.15. The van der Waals surface area contributed by atoms with Crippen molar-refractivity contribution in [2.45, 2.75) is 33.4 Å². The van der Waals surface area contributed by atoms with Crippen molar-refractivity contribution in [1.29, 1.82) is 0 Å². The van der Waals surface area contributed by atoms with Gasteiger partial charge in [-0.15, -0.1) is 0 Å². The molecule has 0 saturated carbocycles. The normalized spacial score (nSPS) is 10.6. The molecule has 1 N–H and O–H groups in total. The molecule has 0 aliphatic rings. The van der Waals surface area contributed by atoms with Gasteiger partial charge in [0.1, 0.15) is 12.4 Å². The maximum Gasteiger partial charge on any atom is 0.127 e. The van der Waals surface area contributed by atoms with Gasteiger partial charge in [-0.05, 0) is 24.6 Å². The van der Waals surface area contributed by atoms with Crippen LogP contribution in [0, 0.1) is 6.92 Å². The standard InChI is InChI=1S/C14H20BrNO/c1-5-6-17-14-11(4)7-13(15)8-12(14)9-16-10(2)3/h5,7-8,10,16H,1,6,9H2,2-4H3. The maximum atomic E-state index is 5.73. The molecule has 0 fully saturated rings. The monoisotopic (exact) mass is 297 g/mol. The van der Waals surface area contributed by atoms with E-state index in [9.17, 15) is 0 Å². The molecule has 94 valence electrons. The Morgan fingerprint density at radius 3 is 2.76 bits per heavy atom. The van der Waals surface area contributed by atoms with Gasteiger partial charge in [-0.1, -0.05) is 42.4 Å². The third kappa shape index (κ3) is 4.52. The zero-order valence-electron chi connectivity index (χ0n) is 10.7. The van der Waals surface area contributed by atoms with Crippen molar-refractivity contribution in [2.75, 3.05) is 6.61 Å². The van der Waals surface area contributed by atoms with E-state index in [1.54, 1.807) is 6.08 Å². The SMILES string of the molecule is C=CCOc1c(C)cc(Br)cc1CNC(C)C. The highest BCUT2D eigenvalue weighted by Gasteiger charge is 2.09. The first-order chi connectivity index (χ1) is 8.04. The molecule has 17 heavy (non-hydrogen) atoms. The second-order valence-electron chi connectivity index (χ2n) is 4.35. The number of rotatable bonds is 6. The Labute approximate surface area is 112 Å². The third-order valence-corrected chi connectivity index (χ3v) is 2.82. The number of hydrogen-bond donors (Lipinski definition) is 1. The molecule has 1 aromatic rings. The Kier molecular flexibility index (Phi) is 5.72. The molecule has 0 amide bonds. The van der Waals surface area contributed by atoms with Crippen LogP contribution < -0.4 is 10.1 Å². The molecule has 1 rings (SSSR count). The number of nitrogens with one attached hydrogen (secondary N) is 1. The fourth-order valence-corrected chi connectivity index (χ4v) is 2.21. The number of halogens is 1. The van der Waals surface area contributed by atoms with Gasteiger partial charge in [0.2, 0.25) is 0 Å². The van der Waals surface area contributed by atoms with Gasteiger partial charge in [0, 0.05) is 22.6 Å². The number of hydrogen-bond acceptors (Lipinski definition) is 2. The fourth-order valence-electron chi connectivity index (χ4n) is 1.59. The first-order valence-corrected chi connectivity index (χ1v) is 6.60. The second-order valence-corrected chi connectivity index (χ2v) is 5.26. The minimum Gasteiger partial charge on any atom is -0.489 e. The molecule has 0 spiro atoms. The van der Waals surface area contributed by atoms with Crippen molar-refractivity contribution in [1.82, 2.24) is 5.32 Å². The predicted octanol–water partition coefficient (Wildman–Crippen LogP) is 3.82. The minimum atomic E-state index is 0.460. The van der Waals surface area contributed by atoms with Gasteiger partial charge in [0.05, 0.1) is 0 Å². The highest BCUT2D eigenvalue weighted by Crippen LogP contribution is 2.28. The third-order valence-electron chi connectivity index (χ3n) is 2.36. The summed E-state index contributed by atoms with van der Waals surface area (Å²) in [5.74, 6) is 0.959.